The smallest absolute Gasteiger partial charge is 0.257 e. The Hall–Kier alpha value is -2.69. The van der Waals surface area contributed by atoms with Crippen LogP contribution in [0.3, 0.4) is 0 Å². The number of benzene rings is 2. The van der Waals surface area contributed by atoms with Gasteiger partial charge in [0.15, 0.2) is 0 Å². The van der Waals surface area contributed by atoms with Crippen LogP contribution < -0.4 is 20.5 Å². The number of carbonyl (C=O) groups is 1. The third-order valence-electron chi connectivity index (χ3n) is 3.11. The molecule has 2 rings (SSSR count). The SMILES string of the molecule is COc1ccc(NC(=O)c2ccc(C)cc2N)c(OC)c1. The van der Waals surface area contributed by atoms with E-state index in [9.17, 15) is 4.79 Å². The summed E-state index contributed by atoms with van der Waals surface area (Å²) in [6.07, 6.45) is 0. The Kier molecular flexibility index (Phi) is 4.33. The van der Waals surface area contributed by atoms with Gasteiger partial charge in [-0.15, -0.1) is 0 Å². The van der Waals surface area contributed by atoms with Crippen molar-refractivity contribution in [2.75, 3.05) is 25.3 Å². The van der Waals surface area contributed by atoms with Crippen molar-refractivity contribution in [1.82, 2.24) is 0 Å². The van der Waals surface area contributed by atoms with Crippen molar-refractivity contribution in [1.29, 1.82) is 0 Å². The molecule has 0 radical (unpaired) electrons. The fraction of sp³-hybridized carbons (Fsp3) is 0.188. The molecule has 0 aromatic heterocycles. The largest absolute Gasteiger partial charge is 0.497 e. The number of rotatable bonds is 4. The van der Waals surface area contributed by atoms with Crippen LogP contribution in [-0.4, -0.2) is 20.1 Å². The zero-order valence-corrected chi connectivity index (χ0v) is 12.3. The second kappa shape index (κ2) is 6.17. The molecule has 2 aromatic carbocycles. The molecule has 0 bridgehead atoms. The molecule has 0 heterocycles. The van der Waals surface area contributed by atoms with Crippen molar-refractivity contribution in [2.24, 2.45) is 0 Å². The van der Waals surface area contributed by atoms with Gasteiger partial charge in [0.05, 0.1) is 25.5 Å². The van der Waals surface area contributed by atoms with Gasteiger partial charge in [0, 0.05) is 11.8 Å². The van der Waals surface area contributed by atoms with Gasteiger partial charge in [-0.25, -0.2) is 0 Å². The van der Waals surface area contributed by atoms with Crippen molar-refractivity contribution in [2.45, 2.75) is 6.92 Å². The molecule has 0 spiro atoms. The van der Waals surface area contributed by atoms with Gasteiger partial charge in [0.1, 0.15) is 11.5 Å². The highest BCUT2D eigenvalue weighted by Crippen LogP contribution is 2.29. The van der Waals surface area contributed by atoms with Gasteiger partial charge in [-0.3, -0.25) is 4.79 Å². The van der Waals surface area contributed by atoms with E-state index in [0.717, 1.165) is 5.56 Å². The Morgan fingerprint density at radius 2 is 1.86 bits per heavy atom. The molecule has 5 nitrogen and oxygen atoms in total. The number of nitrogens with two attached hydrogens (primary N) is 1. The number of ether oxygens (including phenoxy) is 2. The highest BCUT2D eigenvalue weighted by molar-refractivity contribution is 6.08. The van der Waals surface area contributed by atoms with Crippen LogP contribution in [-0.2, 0) is 0 Å². The maximum absolute atomic E-state index is 12.3. The average molecular weight is 286 g/mol. The molecule has 5 heteroatoms. The standard InChI is InChI=1S/C16H18N2O3/c1-10-4-6-12(13(17)8-10)16(19)18-14-7-5-11(20-2)9-15(14)21-3/h4-9H,17H2,1-3H3,(H,18,19). The highest BCUT2D eigenvalue weighted by Gasteiger charge is 2.13. The number of nitrogen functional groups attached to an aromatic ring is 1. The number of hydrogen-bond donors (Lipinski definition) is 2. The van der Waals surface area contributed by atoms with Crippen LogP contribution in [0.4, 0.5) is 11.4 Å². The summed E-state index contributed by atoms with van der Waals surface area (Å²) in [6.45, 7) is 1.92. The molecule has 0 atom stereocenters. The molecular weight excluding hydrogens is 268 g/mol. The van der Waals surface area contributed by atoms with Crippen LogP contribution in [0.2, 0.25) is 0 Å². The van der Waals surface area contributed by atoms with Crippen LogP contribution in [0.5, 0.6) is 11.5 Å². The molecule has 0 fully saturated rings. The molecule has 110 valence electrons. The molecule has 0 saturated heterocycles. The summed E-state index contributed by atoms with van der Waals surface area (Å²) < 4.78 is 10.4. The Morgan fingerprint density at radius 1 is 1.10 bits per heavy atom. The average Bonchev–Trinajstić information content (AvgIpc) is 2.47. The zero-order valence-electron chi connectivity index (χ0n) is 12.3. The predicted octanol–water partition coefficient (Wildman–Crippen LogP) is 2.85. The van der Waals surface area contributed by atoms with E-state index in [-0.39, 0.29) is 5.91 Å². The number of anilines is 2. The van der Waals surface area contributed by atoms with Crippen molar-refractivity contribution in [3.63, 3.8) is 0 Å². The van der Waals surface area contributed by atoms with Crippen molar-refractivity contribution in [3.8, 4) is 11.5 Å². The monoisotopic (exact) mass is 286 g/mol. The first-order valence-corrected chi connectivity index (χ1v) is 6.44. The van der Waals surface area contributed by atoms with Crippen molar-refractivity contribution < 1.29 is 14.3 Å². The zero-order chi connectivity index (χ0) is 15.4. The molecule has 0 unspecified atom stereocenters. The summed E-state index contributed by atoms with van der Waals surface area (Å²) in [4.78, 5) is 12.3. The number of carbonyl (C=O) groups excluding carboxylic acids is 1. The molecule has 0 aliphatic heterocycles. The molecule has 21 heavy (non-hydrogen) atoms. The lowest BCUT2D eigenvalue weighted by atomic mass is 10.1. The van der Waals surface area contributed by atoms with E-state index in [1.165, 1.54) is 7.11 Å². The highest BCUT2D eigenvalue weighted by atomic mass is 16.5. The van der Waals surface area contributed by atoms with Crippen LogP contribution in [0.25, 0.3) is 0 Å². The van der Waals surface area contributed by atoms with E-state index in [1.54, 1.807) is 37.4 Å². The molecule has 0 saturated carbocycles. The normalized spacial score (nSPS) is 10.0. The van der Waals surface area contributed by atoms with E-state index in [1.807, 2.05) is 13.0 Å². The van der Waals surface area contributed by atoms with Crippen LogP contribution in [0, 0.1) is 6.92 Å². The third kappa shape index (κ3) is 3.25. The van der Waals surface area contributed by atoms with Gasteiger partial charge in [0.25, 0.3) is 5.91 Å². The third-order valence-corrected chi connectivity index (χ3v) is 3.11. The summed E-state index contributed by atoms with van der Waals surface area (Å²) in [5.74, 6) is 0.893. The molecule has 3 N–H and O–H groups in total. The Balaban J connectivity index is 2.27. The topological polar surface area (TPSA) is 73.6 Å². The van der Waals surface area contributed by atoms with E-state index in [0.29, 0.717) is 28.4 Å². The lowest BCUT2D eigenvalue weighted by Gasteiger charge is -2.12. The van der Waals surface area contributed by atoms with Gasteiger partial charge in [-0.1, -0.05) is 6.07 Å². The summed E-state index contributed by atoms with van der Waals surface area (Å²) in [7, 11) is 3.10. The number of nitrogens with one attached hydrogen (secondary N) is 1. The quantitative estimate of drug-likeness (QED) is 0.848. The molecule has 0 aliphatic rings. The minimum absolute atomic E-state index is 0.282. The van der Waals surface area contributed by atoms with Gasteiger partial charge >= 0.3 is 0 Å². The van der Waals surface area contributed by atoms with Crippen LogP contribution in [0.1, 0.15) is 15.9 Å². The van der Waals surface area contributed by atoms with E-state index in [2.05, 4.69) is 5.32 Å². The Bertz CT molecular complexity index is 669. The fourth-order valence-electron chi connectivity index (χ4n) is 1.98. The maximum atomic E-state index is 12.3. The summed E-state index contributed by atoms with van der Waals surface area (Å²) >= 11 is 0. The molecule has 2 aromatic rings. The van der Waals surface area contributed by atoms with Gasteiger partial charge in [-0.05, 0) is 36.8 Å². The summed E-state index contributed by atoms with van der Waals surface area (Å²) in [6, 6.07) is 10.5. The Labute approximate surface area is 123 Å². The minimum atomic E-state index is -0.282. The van der Waals surface area contributed by atoms with E-state index < -0.39 is 0 Å². The van der Waals surface area contributed by atoms with Crippen LogP contribution >= 0.6 is 0 Å². The minimum Gasteiger partial charge on any atom is -0.497 e. The molecule has 1 amide bonds. The van der Waals surface area contributed by atoms with Gasteiger partial charge < -0.3 is 20.5 Å². The number of amides is 1. The molecular formula is C16H18N2O3. The Morgan fingerprint density at radius 3 is 2.48 bits per heavy atom. The first kappa shape index (κ1) is 14.7. The van der Waals surface area contributed by atoms with Gasteiger partial charge in [0.2, 0.25) is 0 Å². The van der Waals surface area contributed by atoms with Crippen molar-refractivity contribution >= 4 is 17.3 Å². The number of methoxy groups -OCH3 is 2. The second-order valence-corrected chi connectivity index (χ2v) is 4.61. The lowest BCUT2D eigenvalue weighted by molar-refractivity contribution is 0.102. The van der Waals surface area contributed by atoms with Crippen LogP contribution in [0.15, 0.2) is 36.4 Å². The predicted molar refractivity (Wildman–Crippen MR) is 83.1 cm³/mol. The second-order valence-electron chi connectivity index (χ2n) is 4.61. The number of aryl methyl sites for hydroxylation is 1. The molecule has 0 aliphatic carbocycles. The summed E-state index contributed by atoms with van der Waals surface area (Å²) in [5.41, 5.74) is 8.32. The van der Waals surface area contributed by atoms with E-state index in [4.69, 9.17) is 15.2 Å². The lowest BCUT2D eigenvalue weighted by Crippen LogP contribution is -2.14. The van der Waals surface area contributed by atoms with Crippen molar-refractivity contribution in [3.05, 3.63) is 47.5 Å². The maximum Gasteiger partial charge on any atom is 0.257 e. The number of hydrogen-bond acceptors (Lipinski definition) is 4. The fourth-order valence-corrected chi connectivity index (χ4v) is 1.98. The first-order chi connectivity index (χ1) is 10.0. The summed E-state index contributed by atoms with van der Waals surface area (Å²) in [5, 5.41) is 2.79. The van der Waals surface area contributed by atoms with Gasteiger partial charge in [-0.2, -0.15) is 0 Å². The van der Waals surface area contributed by atoms with E-state index >= 15 is 0 Å². The first-order valence-electron chi connectivity index (χ1n) is 6.44.